The molecule has 21 atom stereocenters. The smallest absolute Gasteiger partial charge is 0.330 e. The van der Waals surface area contributed by atoms with Crippen molar-refractivity contribution in [1.82, 2.24) is 0 Å². The van der Waals surface area contributed by atoms with Gasteiger partial charge < -0.3 is 149 Å². The average molecular weight is 1390 g/mol. The van der Waals surface area contributed by atoms with Crippen molar-refractivity contribution >= 4 is 42.2 Å². The van der Waals surface area contributed by atoms with Gasteiger partial charge in [-0.2, -0.15) is 0 Å². The van der Waals surface area contributed by atoms with Crippen LogP contribution in [0.3, 0.4) is 0 Å². The van der Waals surface area contributed by atoms with Crippen molar-refractivity contribution in [3.63, 3.8) is 0 Å². The molecule has 33 nitrogen and oxygen atoms in total. The van der Waals surface area contributed by atoms with E-state index in [-0.39, 0.29) is 34.1 Å². The summed E-state index contributed by atoms with van der Waals surface area (Å²) in [5.41, 5.74) is 0.797. The SMILES string of the molecule is O=C(C=Cc1ccc(O)cc1)OCC1OC(Oc2cc(O)c3c(c2)OC(c2cc(OC4OC(COC(=O)C=Cc5ccc(O)cc5)C(O)C(O)C4O)c(O)c(OC4OC(COC(=O)C=Cc5ccc(O)cc5)C(O)C(O)C4O)c2)C(OC2OC(CO)C(O)C(O)C2O)=C3)C(O)C(O)C1O. The minimum atomic E-state index is -2.22. The summed E-state index contributed by atoms with van der Waals surface area (Å²) in [5, 5.41) is 196. The van der Waals surface area contributed by atoms with Crippen LogP contribution in [-0.4, -0.2) is 259 Å². The van der Waals surface area contributed by atoms with Crippen LogP contribution in [-0.2, 0) is 52.3 Å². The Labute approximate surface area is 559 Å². The third-order valence-corrected chi connectivity index (χ3v) is 16.2. The van der Waals surface area contributed by atoms with Crippen molar-refractivity contribution < 1.29 is 163 Å². The normalized spacial score (nSPS) is 31.5. The van der Waals surface area contributed by atoms with E-state index in [9.17, 15) is 106 Å². The van der Waals surface area contributed by atoms with Crippen molar-refractivity contribution in [2.24, 2.45) is 0 Å². The number of carbonyl (C=O) groups is 3. The van der Waals surface area contributed by atoms with Gasteiger partial charge in [-0.05, 0) is 89.5 Å². The summed E-state index contributed by atoms with van der Waals surface area (Å²) in [7, 11) is 0. The molecule has 4 saturated heterocycles. The Hall–Kier alpha value is -9.21. The number of carbonyl (C=O) groups excluding carboxylic acids is 3. The average Bonchev–Trinajstić information content (AvgIpc) is 0.765. The molecule has 18 N–H and O–H groups in total. The lowest BCUT2D eigenvalue weighted by molar-refractivity contribution is -0.293. The van der Waals surface area contributed by atoms with Crippen molar-refractivity contribution in [2.75, 3.05) is 26.4 Å². The van der Waals surface area contributed by atoms with Gasteiger partial charge in [-0.15, -0.1) is 0 Å². The Balaban J connectivity index is 0.980. The summed E-state index contributed by atoms with van der Waals surface area (Å²) in [6.07, 6.45) is -33.4. The number of aromatic hydroxyl groups is 5. The Kier molecular flexibility index (Phi) is 23.3. The molecule has 0 radical (unpaired) electrons. The Morgan fingerprint density at radius 1 is 0.404 bits per heavy atom. The van der Waals surface area contributed by atoms with Gasteiger partial charge in [0.15, 0.2) is 17.6 Å². The van der Waals surface area contributed by atoms with E-state index in [2.05, 4.69) is 0 Å². The lowest BCUT2D eigenvalue weighted by atomic mass is 9.98. The molecule has 0 bridgehead atoms. The van der Waals surface area contributed by atoms with Crippen LogP contribution in [0.4, 0.5) is 0 Å². The van der Waals surface area contributed by atoms with E-state index in [0.717, 1.165) is 48.6 Å². The van der Waals surface area contributed by atoms with Gasteiger partial charge in [0, 0.05) is 35.9 Å². The van der Waals surface area contributed by atoms with Gasteiger partial charge in [0.05, 0.1) is 12.2 Å². The molecule has 5 aliphatic heterocycles. The predicted octanol–water partition coefficient (Wildman–Crippen LogP) is -2.17. The second-order valence-corrected chi connectivity index (χ2v) is 23.1. The van der Waals surface area contributed by atoms with Gasteiger partial charge in [0.25, 0.3) is 0 Å². The number of ether oxygens (including phenoxy) is 12. The number of rotatable bonds is 22. The highest BCUT2D eigenvalue weighted by Crippen LogP contribution is 2.49. The molecule has 0 aromatic heterocycles. The topological polar surface area (TPSA) is 526 Å². The first kappa shape index (κ1) is 72.5. The molecule has 0 amide bonds. The van der Waals surface area contributed by atoms with Gasteiger partial charge in [-0.25, -0.2) is 14.4 Å². The number of fused-ring (bicyclic) bond motifs is 1. The van der Waals surface area contributed by atoms with Crippen LogP contribution in [0.2, 0.25) is 0 Å². The molecule has 99 heavy (non-hydrogen) atoms. The molecule has 5 aliphatic rings. The zero-order valence-electron chi connectivity index (χ0n) is 51.4. The van der Waals surface area contributed by atoms with Crippen LogP contribution < -0.4 is 18.9 Å². The highest BCUT2D eigenvalue weighted by Gasteiger charge is 2.50. The van der Waals surface area contributed by atoms with E-state index >= 15 is 0 Å². The fourth-order valence-electron chi connectivity index (χ4n) is 10.6. The number of phenolic OH excluding ortho intramolecular Hbond substituents is 5. The fourth-order valence-corrected chi connectivity index (χ4v) is 10.6. The molecule has 532 valence electrons. The van der Waals surface area contributed by atoms with Crippen LogP contribution in [0.5, 0.6) is 51.7 Å². The monoisotopic (exact) mass is 1390 g/mol. The molecular weight excluding hydrogens is 1320 g/mol. The lowest BCUT2D eigenvalue weighted by Crippen LogP contribution is -2.60. The van der Waals surface area contributed by atoms with Crippen molar-refractivity contribution in [1.29, 1.82) is 0 Å². The van der Waals surface area contributed by atoms with Gasteiger partial charge in [-0.1, -0.05) is 36.4 Å². The van der Waals surface area contributed by atoms with Gasteiger partial charge in [0.1, 0.15) is 158 Å². The maximum Gasteiger partial charge on any atom is 0.330 e. The van der Waals surface area contributed by atoms with Crippen molar-refractivity contribution in [3.05, 3.63) is 149 Å². The van der Waals surface area contributed by atoms with E-state index in [1.807, 2.05) is 0 Å². The predicted molar refractivity (Wildman–Crippen MR) is 329 cm³/mol. The standard InChI is InChI=1S/C66H70O33/c67-24-42-50(76)54(80)59(85)66(96-42)95-41-23-36-37(71)21-35(91-63-58(84)55(81)51(77)43(97-63)25-88-46(72)16-7-28-1-10-32(68)11-2-28)22-38(36)92-62(41)31-19-39(93-64-60(86)56(82)52(78)44(98-64)26-89-47(73)17-8-29-3-12-33(69)13-4-29)49(75)40(20-31)94-65-61(87)57(83)53(79)45(99-65)27-90-48(74)18-9-30-5-14-34(70)15-6-30/h1-23,42-45,50-71,75-87H,24-27H2. The molecule has 4 fully saturated rings. The quantitative estimate of drug-likeness (QED) is 0.0199. The number of hydrogen-bond donors (Lipinski definition) is 18. The Morgan fingerprint density at radius 3 is 1.12 bits per heavy atom. The van der Waals surface area contributed by atoms with E-state index in [1.165, 1.54) is 91.0 Å². The van der Waals surface area contributed by atoms with Crippen LogP contribution in [0.15, 0.2) is 121 Å². The molecule has 0 aliphatic carbocycles. The van der Waals surface area contributed by atoms with Crippen LogP contribution in [0, 0.1) is 0 Å². The molecular formula is C66H70O33. The van der Waals surface area contributed by atoms with E-state index < -0.39 is 208 Å². The second kappa shape index (κ2) is 31.8. The van der Waals surface area contributed by atoms with E-state index in [1.54, 1.807) is 0 Å². The minimum absolute atomic E-state index is 0.0249. The third-order valence-electron chi connectivity index (χ3n) is 16.2. The summed E-state index contributed by atoms with van der Waals surface area (Å²) < 4.78 is 69.4. The molecule has 10 rings (SSSR count). The molecule has 21 unspecified atom stereocenters. The molecule has 0 saturated carbocycles. The van der Waals surface area contributed by atoms with Gasteiger partial charge in [0.2, 0.25) is 30.9 Å². The summed E-state index contributed by atoms with van der Waals surface area (Å²) in [5.74, 6) is -7.85. The van der Waals surface area contributed by atoms with Crippen molar-refractivity contribution in [3.8, 4) is 51.7 Å². The summed E-state index contributed by atoms with van der Waals surface area (Å²) >= 11 is 0. The highest BCUT2D eigenvalue weighted by molar-refractivity contribution is 5.88. The lowest BCUT2D eigenvalue weighted by Gasteiger charge is -2.41. The molecule has 5 heterocycles. The highest BCUT2D eigenvalue weighted by atomic mass is 16.7. The first-order valence-corrected chi connectivity index (χ1v) is 30.3. The van der Waals surface area contributed by atoms with E-state index in [0.29, 0.717) is 16.7 Å². The molecule has 0 spiro atoms. The number of aliphatic hydroxyl groups is 13. The zero-order chi connectivity index (χ0) is 71.1. The van der Waals surface area contributed by atoms with E-state index in [4.69, 9.17) is 56.8 Å². The maximum atomic E-state index is 12.9. The number of esters is 3. The molecule has 5 aromatic rings. The van der Waals surface area contributed by atoms with Gasteiger partial charge in [-0.3, -0.25) is 0 Å². The Morgan fingerprint density at radius 2 is 0.747 bits per heavy atom. The number of benzene rings is 5. The molecule has 5 aromatic carbocycles. The number of hydrogen-bond acceptors (Lipinski definition) is 33. The number of phenols is 5. The van der Waals surface area contributed by atoms with Crippen LogP contribution >= 0.6 is 0 Å². The minimum Gasteiger partial charge on any atom is -0.508 e. The second-order valence-electron chi connectivity index (χ2n) is 23.1. The van der Waals surface area contributed by atoms with Crippen molar-refractivity contribution in [2.45, 2.75) is 129 Å². The molecule has 33 heteroatoms. The Bertz CT molecular complexity index is 3600. The summed E-state index contributed by atoms with van der Waals surface area (Å²) in [6.45, 7) is -3.29. The number of aliphatic hydroxyl groups excluding tert-OH is 13. The van der Waals surface area contributed by atoms with Gasteiger partial charge >= 0.3 is 17.9 Å². The maximum absolute atomic E-state index is 12.9. The summed E-state index contributed by atoms with van der Waals surface area (Å²) in [4.78, 5) is 38.4. The summed E-state index contributed by atoms with van der Waals surface area (Å²) in [6, 6.07) is 21.0. The first-order valence-electron chi connectivity index (χ1n) is 30.3. The first-order chi connectivity index (χ1) is 47.2. The largest absolute Gasteiger partial charge is 0.508 e. The van der Waals surface area contributed by atoms with Crippen LogP contribution in [0.25, 0.3) is 24.3 Å². The van der Waals surface area contributed by atoms with Crippen LogP contribution in [0.1, 0.15) is 33.9 Å². The fraction of sp³-hybridized carbons (Fsp3) is 0.379. The zero-order valence-corrected chi connectivity index (χ0v) is 51.4. The third kappa shape index (κ3) is 17.3.